The van der Waals surface area contributed by atoms with Gasteiger partial charge < -0.3 is 24.7 Å². The third-order valence-electron chi connectivity index (χ3n) is 4.33. The first-order valence-electron chi connectivity index (χ1n) is 8.11. The zero-order valence-corrected chi connectivity index (χ0v) is 15.0. The number of ether oxygens (including phenoxy) is 2. The molecule has 1 saturated heterocycles. The van der Waals surface area contributed by atoms with Crippen molar-refractivity contribution in [3.63, 3.8) is 0 Å². The molecule has 0 aromatic heterocycles. The van der Waals surface area contributed by atoms with Crippen LogP contribution in [0.15, 0.2) is 42.5 Å². The number of rotatable bonds is 6. The van der Waals surface area contributed by atoms with Gasteiger partial charge in [-0.05, 0) is 36.2 Å². The third kappa shape index (κ3) is 4.08. The molecule has 0 aliphatic carbocycles. The predicted octanol–water partition coefficient (Wildman–Crippen LogP) is 1.01. The molecule has 1 aliphatic rings. The van der Waals surface area contributed by atoms with Gasteiger partial charge >= 0.3 is 0 Å². The van der Waals surface area contributed by atoms with E-state index in [2.05, 4.69) is 13.0 Å². The number of hydrogen-bond donors (Lipinski definition) is 1. The average Bonchev–Trinajstić information content (AvgIpc) is 3.11. The first-order valence-corrected chi connectivity index (χ1v) is 9.16. The molecule has 5 nitrogen and oxygen atoms in total. The van der Waals surface area contributed by atoms with Crippen LogP contribution in [-0.2, 0) is 11.4 Å². The van der Waals surface area contributed by atoms with Crippen LogP contribution in [0.1, 0.15) is 22.1 Å². The van der Waals surface area contributed by atoms with E-state index in [1.165, 1.54) is 5.56 Å². The Morgan fingerprint density at radius 1 is 1.28 bits per heavy atom. The topological polar surface area (TPSA) is 75.2 Å². The van der Waals surface area contributed by atoms with Gasteiger partial charge in [-0.1, -0.05) is 36.0 Å². The van der Waals surface area contributed by atoms with Gasteiger partial charge in [0.25, 0.3) is 0 Å². The Morgan fingerprint density at radius 3 is 2.76 bits per heavy atom. The maximum Gasteiger partial charge on any atom is 0.161 e. The second-order valence-electron chi connectivity index (χ2n) is 6.00. The van der Waals surface area contributed by atoms with E-state index in [1.807, 2.05) is 41.7 Å². The molecule has 0 radical (unpaired) electrons. The number of carbonyl (C=O) groups excluding carboxylic acids is 1. The predicted molar refractivity (Wildman–Crippen MR) is 94.4 cm³/mol. The van der Waals surface area contributed by atoms with Crippen molar-refractivity contribution >= 4 is 17.7 Å². The lowest BCUT2D eigenvalue weighted by molar-refractivity contribution is -0.690. The van der Waals surface area contributed by atoms with Crippen LogP contribution in [0.5, 0.6) is 11.5 Å². The quantitative estimate of drug-likeness (QED) is 0.833. The number of aryl methyl sites for hydroxylation is 1. The van der Waals surface area contributed by atoms with Gasteiger partial charge in [-0.2, -0.15) is 0 Å². The van der Waals surface area contributed by atoms with Crippen LogP contribution >= 0.6 is 11.8 Å². The van der Waals surface area contributed by atoms with Gasteiger partial charge in [-0.25, -0.2) is 0 Å². The van der Waals surface area contributed by atoms with Crippen LogP contribution in [-0.4, -0.2) is 24.9 Å². The maximum atomic E-state index is 11.0. The van der Waals surface area contributed by atoms with Crippen LogP contribution < -0.4 is 19.9 Å². The molecule has 6 heteroatoms. The Balaban J connectivity index is 1.72. The van der Waals surface area contributed by atoms with Gasteiger partial charge in [-0.3, -0.25) is 0 Å². The number of carbonyl (C=O) groups is 1. The van der Waals surface area contributed by atoms with Crippen molar-refractivity contribution in [2.75, 3.05) is 12.9 Å². The Hall–Kier alpha value is -2.18. The molecular formula is C19H21NO4S. The molecule has 0 unspecified atom stereocenters. The van der Waals surface area contributed by atoms with Crippen molar-refractivity contribution in [3.8, 4) is 11.5 Å². The fraction of sp³-hybridized carbons (Fsp3) is 0.316. The van der Waals surface area contributed by atoms with Gasteiger partial charge in [0.1, 0.15) is 18.6 Å². The van der Waals surface area contributed by atoms with Crippen molar-refractivity contribution in [1.82, 2.24) is 0 Å². The highest BCUT2D eigenvalue weighted by atomic mass is 32.2. The highest BCUT2D eigenvalue weighted by molar-refractivity contribution is 7.99. The zero-order valence-electron chi connectivity index (χ0n) is 14.2. The molecule has 0 saturated carbocycles. The fourth-order valence-electron chi connectivity index (χ4n) is 2.79. The minimum atomic E-state index is -1.01. The Bertz CT molecular complexity index is 765. The summed E-state index contributed by atoms with van der Waals surface area (Å²) in [4.78, 5) is 11.0. The first kappa shape index (κ1) is 17.6. The first-order chi connectivity index (χ1) is 12.1. The molecule has 0 spiro atoms. The third-order valence-corrected chi connectivity index (χ3v) is 5.67. The van der Waals surface area contributed by atoms with E-state index in [-0.39, 0.29) is 5.37 Å². The highest BCUT2D eigenvalue weighted by Crippen LogP contribution is 2.34. The molecule has 2 aromatic rings. The summed E-state index contributed by atoms with van der Waals surface area (Å²) in [5.74, 6) is 0.854. The molecule has 0 amide bonds. The number of thioether (sulfide) groups is 1. The van der Waals surface area contributed by atoms with Crippen molar-refractivity contribution in [3.05, 3.63) is 59.2 Å². The number of quaternary nitrogens is 1. The van der Waals surface area contributed by atoms with E-state index in [9.17, 15) is 9.90 Å². The smallest absolute Gasteiger partial charge is 0.161 e. The van der Waals surface area contributed by atoms with Gasteiger partial charge in [-0.15, -0.1) is 0 Å². The lowest BCUT2D eigenvalue weighted by Crippen LogP contribution is -2.90. The lowest BCUT2D eigenvalue weighted by atomic mass is 10.1. The van der Waals surface area contributed by atoms with E-state index >= 15 is 0 Å². The number of methoxy groups -OCH3 is 1. The summed E-state index contributed by atoms with van der Waals surface area (Å²) in [5.41, 5.74) is 3.32. The summed E-state index contributed by atoms with van der Waals surface area (Å²) < 4.78 is 11.4. The van der Waals surface area contributed by atoms with Crippen LogP contribution in [0.4, 0.5) is 0 Å². The minimum Gasteiger partial charge on any atom is -0.544 e. The Kier molecular flexibility index (Phi) is 5.50. The second kappa shape index (κ2) is 7.80. The molecule has 2 atom stereocenters. The minimum absolute atomic E-state index is 0.0298. The molecule has 25 heavy (non-hydrogen) atoms. The molecule has 132 valence electrons. The molecule has 1 aliphatic heterocycles. The summed E-state index contributed by atoms with van der Waals surface area (Å²) in [6, 6.07) is 13.4. The SMILES string of the molecule is COc1cc([C@H]2[NH2+][C@H](C(=O)[O-])CS2)ccc1OCc1ccccc1C. The van der Waals surface area contributed by atoms with Gasteiger partial charge in [0.15, 0.2) is 16.9 Å². The maximum absolute atomic E-state index is 11.0. The molecule has 1 fully saturated rings. The van der Waals surface area contributed by atoms with E-state index in [1.54, 1.807) is 18.9 Å². The summed E-state index contributed by atoms with van der Waals surface area (Å²) in [7, 11) is 1.61. The zero-order chi connectivity index (χ0) is 17.8. The average molecular weight is 359 g/mol. The number of carboxylic acid groups (broad SMARTS) is 1. The van der Waals surface area contributed by atoms with Crippen LogP contribution in [0, 0.1) is 6.92 Å². The lowest BCUT2D eigenvalue weighted by Gasteiger charge is -2.15. The van der Waals surface area contributed by atoms with E-state index < -0.39 is 12.0 Å². The standard InChI is InChI=1S/C19H21NO4S/c1-12-5-3-4-6-14(12)10-24-16-8-7-13(9-17(16)23-2)18-20-15(11-25-18)19(21)22/h3-9,15,18,20H,10-11H2,1-2H3,(H,21,22)/t15-,18-/m0/s1. The Morgan fingerprint density at radius 2 is 2.08 bits per heavy atom. The normalized spacial score (nSPS) is 19.6. The van der Waals surface area contributed by atoms with E-state index in [4.69, 9.17) is 9.47 Å². The summed E-state index contributed by atoms with van der Waals surface area (Å²) in [6.45, 7) is 2.53. The van der Waals surface area contributed by atoms with Gasteiger partial charge in [0.2, 0.25) is 0 Å². The van der Waals surface area contributed by atoms with Crippen molar-refractivity contribution in [2.24, 2.45) is 0 Å². The Labute approximate surface area is 151 Å². The van der Waals surface area contributed by atoms with Crippen LogP contribution in [0.3, 0.4) is 0 Å². The molecular weight excluding hydrogens is 338 g/mol. The van der Waals surface area contributed by atoms with Crippen molar-refractivity contribution in [1.29, 1.82) is 0 Å². The molecule has 0 bridgehead atoms. The molecule has 3 rings (SSSR count). The highest BCUT2D eigenvalue weighted by Gasteiger charge is 2.31. The number of hydrogen-bond acceptors (Lipinski definition) is 5. The van der Waals surface area contributed by atoms with Gasteiger partial charge in [0, 0.05) is 5.56 Å². The number of benzene rings is 2. The second-order valence-corrected chi connectivity index (χ2v) is 7.17. The van der Waals surface area contributed by atoms with Crippen molar-refractivity contribution < 1.29 is 24.7 Å². The molecule has 1 heterocycles. The number of nitrogens with two attached hydrogens (primary N) is 1. The van der Waals surface area contributed by atoms with Crippen molar-refractivity contribution in [2.45, 2.75) is 24.9 Å². The number of carboxylic acids is 1. The summed E-state index contributed by atoms with van der Waals surface area (Å²) in [5, 5.41) is 12.9. The number of aliphatic carboxylic acids is 1. The summed E-state index contributed by atoms with van der Waals surface area (Å²) >= 11 is 1.60. The van der Waals surface area contributed by atoms with Crippen LogP contribution in [0.25, 0.3) is 0 Å². The van der Waals surface area contributed by atoms with E-state index in [0.29, 0.717) is 23.9 Å². The summed E-state index contributed by atoms with van der Waals surface area (Å²) in [6.07, 6.45) is 0. The monoisotopic (exact) mass is 359 g/mol. The van der Waals surface area contributed by atoms with E-state index in [0.717, 1.165) is 11.1 Å². The largest absolute Gasteiger partial charge is 0.544 e. The molecule has 2 N–H and O–H groups in total. The fourth-order valence-corrected chi connectivity index (χ4v) is 4.09. The van der Waals surface area contributed by atoms with Gasteiger partial charge in [0.05, 0.1) is 12.9 Å². The van der Waals surface area contributed by atoms with Crippen LogP contribution in [0.2, 0.25) is 0 Å². The molecule has 2 aromatic carbocycles.